The van der Waals surface area contributed by atoms with Crippen LogP contribution >= 0.6 is 46.2 Å². The molecule has 0 atom stereocenters. The van der Waals surface area contributed by atoms with E-state index in [9.17, 15) is 10.4 Å². The largest absolute Gasteiger partial charge is 0.510 e. The second-order valence-corrected chi connectivity index (χ2v) is 9.22. The Bertz CT molecular complexity index is 892. The van der Waals surface area contributed by atoms with Gasteiger partial charge < -0.3 is 5.11 Å². The molecule has 5 nitrogen and oxygen atoms in total. The van der Waals surface area contributed by atoms with Gasteiger partial charge >= 0.3 is 0 Å². The summed E-state index contributed by atoms with van der Waals surface area (Å²) in [7, 11) is 0. The first-order valence-electron chi connectivity index (χ1n) is 6.98. The van der Waals surface area contributed by atoms with Crippen LogP contribution in [0.4, 0.5) is 0 Å². The number of allylic oxidation sites excluding steroid dienone is 1. The van der Waals surface area contributed by atoms with Crippen LogP contribution in [0, 0.1) is 11.3 Å². The zero-order valence-electron chi connectivity index (χ0n) is 12.6. The van der Waals surface area contributed by atoms with Crippen LogP contribution < -0.4 is 0 Å². The molecule has 0 bridgehead atoms. The fraction of sp³-hybridized carbons (Fsp3) is 0.200. The van der Waals surface area contributed by atoms with E-state index in [2.05, 4.69) is 28.2 Å². The summed E-state index contributed by atoms with van der Waals surface area (Å²) < 4.78 is 2.68. The minimum atomic E-state index is 0.0152. The molecule has 122 valence electrons. The van der Waals surface area contributed by atoms with E-state index in [1.165, 1.54) is 34.4 Å². The van der Waals surface area contributed by atoms with Crippen LogP contribution in [-0.4, -0.2) is 31.8 Å². The van der Waals surface area contributed by atoms with E-state index >= 15 is 0 Å². The summed E-state index contributed by atoms with van der Waals surface area (Å²) >= 11 is 5.90. The molecular formula is C15H12N4OS4. The lowest BCUT2D eigenvalue weighted by Crippen LogP contribution is -1.92. The minimum absolute atomic E-state index is 0.0152. The molecule has 0 amide bonds. The molecule has 3 aromatic rings. The molecule has 0 spiro atoms. The van der Waals surface area contributed by atoms with Gasteiger partial charge in [0.25, 0.3) is 0 Å². The van der Waals surface area contributed by atoms with Crippen LogP contribution in [-0.2, 0) is 0 Å². The first-order valence-corrected chi connectivity index (χ1v) is 10.6. The topological polar surface area (TPSA) is 82.7 Å². The van der Waals surface area contributed by atoms with Gasteiger partial charge in [0.2, 0.25) is 0 Å². The van der Waals surface area contributed by atoms with Crippen LogP contribution in [0.1, 0.15) is 11.9 Å². The first kappa shape index (κ1) is 17.2. The molecule has 2 aromatic heterocycles. The van der Waals surface area contributed by atoms with Gasteiger partial charge in [-0.3, -0.25) is 0 Å². The quantitative estimate of drug-likeness (QED) is 0.365. The predicted octanol–water partition coefficient (Wildman–Crippen LogP) is 4.84. The van der Waals surface area contributed by atoms with E-state index in [1.807, 2.05) is 24.3 Å². The maximum absolute atomic E-state index is 10.3. The minimum Gasteiger partial charge on any atom is -0.510 e. The normalized spacial score (nSPS) is 12.2. The molecule has 0 saturated carbocycles. The highest BCUT2D eigenvalue weighted by atomic mass is 32.2. The summed E-state index contributed by atoms with van der Waals surface area (Å²) in [6.45, 7) is 2.06. The second-order valence-electron chi connectivity index (χ2n) is 4.48. The Morgan fingerprint density at radius 1 is 1.21 bits per heavy atom. The maximum atomic E-state index is 10.3. The Labute approximate surface area is 155 Å². The Balaban J connectivity index is 1.78. The molecule has 24 heavy (non-hydrogen) atoms. The second kappa shape index (κ2) is 7.98. The Morgan fingerprint density at radius 2 is 1.96 bits per heavy atom. The van der Waals surface area contributed by atoms with Crippen molar-refractivity contribution in [2.45, 2.75) is 15.6 Å². The number of fused-ring (bicyclic) bond motifs is 1. The van der Waals surface area contributed by atoms with E-state index < -0.39 is 0 Å². The van der Waals surface area contributed by atoms with Crippen LogP contribution in [0.15, 0.2) is 38.7 Å². The zero-order valence-corrected chi connectivity index (χ0v) is 15.9. The Morgan fingerprint density at radius 3 is 2.67 bits per heavy atom. The van der Waals surface area contributed by atoms with Crippen molar-refractivity contribution >= 4 is 62.0 Å². The zero-order chi connectivity index (χ0) is 16.9. The summed E-state index contributed by atoms with van der Waals surface area (Å²) in [5.41, 5.74) is 1.05. The van der Waals surface area contributed by atoms with Gasteiger partial charge in [-0.1, -0.05) is 53.9 Å². The van der Waals surface area contributed by atoms with Gasteiger partial charge in [0.1, 0.15) is 22.4 Å². The van der Waals surface area contributed by atoms with Crippen LogP contribution in [0.2, 0.25) is 0 Å². The smallest absolute Gasteiger partial charge is 0.175 e. The SMILES string of the molecule is CCSc1nnc(SC/C(O)=C(\C#N)c2nc3ccccc3s2)s1. The summed E-state index contributed by atoms with van der Waals surface area (Å²) in [5, 5.41) is 28.4. The number of nitriles is 1. The van der Waals surface area contributed by atoms with E-state index in [0.29, 0.717) is 5.01 Å². The Hall–Kier alpha value is -1.60. The monoisotopic (exact) mass is 392 g/mol. The van der Waals surface area contributed by atoms with Crippen molar-refractivity contribution in [1.29, 1.82) is 5.26 Å². The fourth-order valence-corrected chi connectivity index (χ4v) is 5.63. The third-order valence-electron chi connectivity index (χ3n) is 2.90. The molecule has 0 fully saturated rings. The summed E-state index contributed by atoms with van der Waals surface area (Å²) in [6.07, 6.45) is 0. The van der Waals surface area contributed by atoms with Gasteiger partial charge in [0.05, 0.1) is 16.0 Å². The van der Waals surface area contributed by atoms with Crippen LogP contribution in [0.5, 0.6) is 0 Å². The summed E-state index contributed by atoms with van der Waals surface area (Å²) in [6, 6.07) is 9.74. The lowest BCUT2D eigenvalue weighted by molar-refractivity contribution is 0.421. The summed E-state index contributed by atoms with van der Waals surface area (Å²) in [4.78, 5) is 4.43. The highest BCUT2D eigenvalue weighted by molar-refractivity contribution is 8.03. The highest BCUT2D eigenvalue weighted by Crippen LogP contribution is 2.32. The number of nitrogens with zero attached hydrogens (tertiary/aromatic N) is 4. The van der Waals surface area contributed by atoms with Gasteiger partial charge in [-0.05, 0) is 17.9 Å². The average Bonchev–Trinajstić information content (AvgIpc) is 3.20. The number of hydrogen-bond donors (Lipinski definition) is 1. The van der Waals surface area contributed by atoms with Gasteiger partial charge in [-0.15, -0.1) is 21.5 Å². The number of rotatable bonds is 6. The lowest BCUT2D eigenvalue weighted by atomic mass is 10.2. The van der Waals surface area contributed by atoms with Crippen molar-refractivity contribution in [3.8, 4) is 6.07 Å². The molecule has 0 radical (unpaired) electrons. The third kappa shape index (κ3) is 3.89. The maximum Gasteiger partial charge on any atom is 0.175 e. The average molecular weight is 393 g/mol. The van der Waals surface area contributed by atoms with E-state index in [1.54, 1.807) is 11.8 Å². The lowest BCUT2D eigenvalue weighted by Gasteiger charge is -2.00. The fourth-order valence-electron chi connectivity index (χ4n) is 1.85. The number of para-hydroxylation sites is 1. The van der Waals surface area contributed by atoms with Crippen molar-refractivity contribution in [3.05, 3.63) is 35.0 Å². The number of thiazole rings is 1. The van der Waals surface area contributed by atoms with Crippen molar-refractivity contribution in [2.24, 2.45) is 0 Å². The van der Waals surface area contributed by atoms with Crippen LogP contribution in [0.3, 0.4) is 0 Å². The van der Waals surface area contributed by atoms with Crippen molar-refractivity contribution in [3.63, 3.8) is 0 Å². The molecular weight excluding hydrogens is 380 g/mol. The number of aliphatic hydroxyl groups is 1. The first-order chi connectivity index (χ1) is 11.7. The molecule has 0 unspecified atom stereocenters. The molecule has 0 aliphatic heterocycles. The molecule has 1 N–H and O–H groups in total. The predicted molar refractivity (Wildman–Crippen MR) is 102 cm³/mol. The number of aromatic nitrogens is 3. The van der Waals surface area contributed by atoms with E-state index in [4.69, 9.17) is 0 Å². The third-order valence-corrected chi connectivity index (χ3v) is 7.03. The molecule has 0 aliphatic carbocycles. The van der Waals surface area contributed by atoms with Gasteiger partial charge in [0, 0.05) is 0 Å². The number of aliphatic hydroxyl groups excluding tert-OH is 1. The Kier molecular flexibility index (Phi) is 5.73. The molecule has 9 heteroatoms. The van der Waals surface area contributed by atoms with Gasteiger partial charge in [-0.2, -0.15) is 5.26 Å². The number of hydrogen-bond acceptors (Lipinski definition) is 9. The molecule has 2 heterocycles. The number of benzene rings is 1. The van der Waals surface area contributed by atoms with Crippen LogP contribution in [0.25, 0.3) is 15.8 Å². The van der Waals surface area contributed by atoms with Crippen molar-refractivity contribution in [2.75, 3.05) is 11.5 Å². The highest BCUT2D eigenvalue weighted by Gasteiger charge is 2.15. The standard InChI is InChI=1S/C15H12N4OS4/c1-2-21-14-18-19-15(24-14)22-8-11(20)9(7-16)13-17-10-5-3-4-6-12(10)23-13/h3-6,20H,2,8H2,1H3/b11-9-. The molecule has 0 aliphatic rings. The van der Waals surface area contributed by atoms with Crippen molar-refractivity contribution in [1.82, 2.24) is 15.2 Å². The molecule has 0 saturated heterocycles. The van der Waals surface area contributed by atoms with Crippen molar-refractivity contribution < 1.29 is 5.11 Å². The van der Waals surface area contributed by atoms with Gasteiger partial charge in [-0.25, -0.2) is 4.98 Å². The molecule has 1 aromatic carbocycles. The number of thioether (sulfide) groups is 2. The van der Waals surface area contributed by atoms with Gasteiger partial charge in [0.15, 0.2) is 8.68 Å². The summed E-state index contributed by atoms with van der Waals surface area (Å²) in [5.74, 6) is 1.23. The molecule has 3 rings (SSSR count). The van der Waals surface area contributed by atoms with E-state index in [0.717, 1.165) is 24.6 Å². The van der Waals surface area contributed by atoms with E-state index in [-0.39, 0.29) is 17.1 Å².